The molecule has 2 aliphatic rings. The van der Waals surface area contributed by atoms with Crippen LogP contribution < -0.4 is 10.5 Å². The third kappa shape index (κ3) is 7.64. The Morgan fingerprint density at radius 1 is 1.21 bits per heavy atom. The van der Waals surface area contributed by atoms with Crippen molar-refractivity contribution in [2.45, 2.75) is 44.7 Å². The van der Waals surface area contributed by atoms with Gasteiger partial charge in [0, 0.05) is 25.2 Å². The fourth-order valence-electron chi connectivity index (χ4n) is 3.53. The number of carbonyl (C=O) groups is 2. The maximum Gasteiger partial charge on any atom is 0.391 e. The van der Waals surface area contributed by atoms with Gasteiger partial charge in [-0.1, -0.05) is 0 Å². The minimum Gasteiger partial charge on any atom is -0.494 e. The summed E-state index contributed by atoms with van der Waals surface area (Å²) >= 11 is 0. The van der Waals surface area contributed by atoms with E-state index in [4.69, 9.17) is 4.74 Å². The van der Waals surface area contributed by atoms with E-state index in [1.807, 2.05) is 4.90 Å². The minimum absolute atomic E-state index is 0.0862. The second-order valence-electron chi connectivity index (χ2n) is 6.83. The van der Waals surface area contributed by atoms with Crippen LogP contribution in [0.2, 0.25) is 0 Å². The first-order valence-corrected chi connectivity index (χ1v) is 9.74. The summed E-state index contributed by atoms with van der Waals surface area (Å²) in [6, 6.07) is 3.41. The summed E-state index contributed by atoms with van der Waals surface area (Å²) in [5.41, 5.74) is 4.84. The molecule has 29 heavy (non-hydrogen) atoms. The molecular formula is C20H30F3N3O3. The highest BCUT2D eigenvalue weighted by atomic mass is 19.4. The summed E-state index contributed by atoms with van der Waals surface area (Å²) in [6.07, 6.45) is 1.24. The number of ether oxygens (including phenoxy) is 1. The number of amides is 1. The first-order valence-electron chi connectivity index (χ1n) is 9.74. The number of methoxy groups -OCH3 is 1. The number of likely N-dealkylation sites (tertiary alicyclic amines) is 1. The Morgan fingerprint density at radius 3 is 2.24 bits per heavy atom. The molecule has 2 fully saturated rings. The molecule has 1 saturated heterocycles. The van der Waals surface area contributed by atoms with E-state index in [1.165, 1.54) is 14.2 Å². The van der Waals surface area contributed by atoms with Crippen molar-refractivity contribution in [2.24, 2.45) is 17.6 Å². The van der Waals surface area contributed by atoms with Crippen LogP contribution in [0.1, 0.15) is 49.0 Å². The van der Waals surface area contributed by atoms with E-state index in [0.29, 0.717) is 30.6 Å². The zero-order valence-electron chi connectivity index (χ0n) is 17.0. The highest BCUT2D eigenvalue weighted by molar-refractivity contribution is 5.79. The van der Waals surface area contributed by atoms with Crippen molar-refractivity contribution in [1.82, 2.24) is 9.88 Å². The van der Waals surface area contributed by atoms with Crippen LogP contribution in [0.25, 0.3) is 0 Å². The molecule has 6 nitrogen and oxygen atoms in total. The van der Waals surface area contributed by atoms with Gasteiger partial charge < -0.3 is 15.4 Å². The molecule has 9 heteroatoms. The Hall–Kier alpha value is -2.16. The average Bonchev–Trinajstić information content (AvgIpc) is 3.29. The number of halogens is 3. The third-order valence-electron chi connectivity index (χ3n) is 5.09. The SMILES string of the molecule is CN.COc1cccnc1C=O.O=C(C1CCC(C(F)(F)F)CC1)N1CCCC1. The summed E-state index contributed by atoms with van der Waals surface area (Å²) < 4.78 is 42.3. The molecule has 1 saturated carbocycles. The third-order valence-corrected chi connectivity index (χ3v) is 5.09. The van der Waals surface area contributed by atoms with E-state index in [-0.39, 0.29) is 24.7 Å². The lowest BCUT2D eigenvalue weighted by atomic mass is 9.81. The number of aldehydes is 1. The standard InChI is InChI=1S/C12H18F3NO.C7H7NO2.CH5N/c13-12(14,15)10-5-3-9(4-6-10)11(17)16-7-1-2-8-16;1-10-7-3-2-4-8-6(7)5-9;1-2/h9-10H,1-8H2;2-5H,1H3;2H2,1H3. The predicted molar refractivity (Wildman–Crippen MR) is 104 cm³/mol. The summed E-state index contributed by atoms with van der Waals surface area (Å²) in [5.74, 6) is -0.752. The molecule has 1 aliphatic heterocycles. The van der Waals surface area contributed by atoms with Crippen molar-refractivity contribution in [3.63, 3.8) is 0 Å². The van der Waals surface area contributed by atoms with Gasteiger partial charge in [-0.25, -0.2) is 4.98 Å². The smallest absolute Gasteiger partial charge is 0.391 e. The van der Waals surface area contributed by atoms with E-state index in [9.17, 15) is 22.8 Å². The van der Waals surface area contributed by atoms with Gasteiger partial charge in [-0.3, -0.25) is 9.59 Å². The van der Waals surface area contributed by atoms with Crippen LogP contribution in [-0.4, -0.2) is 55.5 Å². The fraction of sp³-hybridized carbons (Fsp3) is 0.650. The molecule has 1 amide bonds. The molecule has 1 aromatic rings. The summed E-state index contributed by atoms with van der Waals surface area (Å²) in [5, 5.41) is 0. The van der Waals surface area contributed by atoms with Gasteiger partial charge in [-0.15, -0.1) is 0 Å². The Labute approximate surface area is 169 Å². The molecule has 1 aromatic heterocycles. The molecule has 0 atom stereocenters. The predicted octanol–water partition coefficient (Wildman–Crippen LogP) is 3.46. The highest BCUT2D eigenvalue weighted by Gasteiger charge is 2.43. The molecule has 2 N–H and O–H groups in total. The number of rotatable bonds is 3. The number of nitrogens with zero attached hydrogens (tertiary/aromatic N) is 2. The Balaban J connectivity index is 0.000000299. The van der Waals surface area contributed by atoms with Gasteiger partial charge in [-0.2, -0.15) is 13.2 Å². The summed E-state index contributed by atoms with van der Waals surface area (Å²) in [6.45, 7) is 1.58. The molecule has 0 spiro atoms. The topological polar surface area (TPSA) is 85.5 Å². The Morgan fingerprint density at radius 2 is 1.79 bits per heavy atom. The van der Waals surface area contributed by atoms with Crippen molar-refractivity contribution in [3.05, 3.63) is 24.0 Å². The van der Waals surface area contributed by atoms with Gasteiger partial charge in [0.15, 0.2) is 6.29 Å². The number of aromatic nitrogens is 1. The van der Waals surface area contributed by atoms with Crippen molar-refractivity contribution in [1.29, 1.82) is 0 Å². The second kappa shape index (κ2) is 12.4. The van der Waals surface area contributed by atoms with Crippen LogP contribution >= 0.6 is 0 Å². The van der Waals surface area contributed by atoms with Crippen LogP contribution in [0.15, 0.2) is 18.3 Å². The van der Waals surface area contributed by atoms with E-state index >= 15 is 0 Å². The number of carbonyl (C=O) groups excluding carboxylic acids is 2. The lowest BCUT2D eigenvalue weighted by molar-refractivity contribution is -0.185. The molecule has 0 aromatic carbocycles. The van der Waals surface area contributed by atoms with E-state index in [2.05, 4.69) is 10.7 Å². The number of hydrogen-bond acceptors (Lipinski definition) is 5. The molecule has 0 radical (unpaired) electrons. The number of nitrogens with two attached hydrogens (primary N) is 1. The Kier molecular flexibility index (Phi) is 10.6. The summed E-state index contributed by atoms with van der Waals surface area (Å²) in [4.78, 5) is 27.8. The van der Waals surface area contributed by atoms with Crippen molar-refractivity contribution in [2.75, 3.05) is 27.2 Å². The van der Waals surface area contributed by atoms with Crippen molar-refractivity contribution >= 4 is 12.2 Å². The molecule has 1 aliphatic carbocycles. The summed E-state index contributed by atoms with van der Waals surface area (Å²) in [7, 11) is 3.00. The van der Waals surface area contributed by atoms with Gasteiger partial charge >= 0.3 is 6.18 Å². The molecule has 0 bridgehead atoms. The van der Waals surface area contributed by atoms with Crippen LogP contribution in [0.4, 0.5) is 13.2 Å². The van der Waals surface area contributed by atoms with Gasteiger partial charge in [0.2, 0.25) is 5.91 Å². The van der Waals surface area contributed by atoms with Gasteiger partial charge in [0.1, 0.15) is 11.4 Å². The minimum atomic E-state index is -4.08. The Bertz CT molecular complexity index is 627. The zero-order chi connectivity index (χ0) is 21.9. The molecule has 2 heterocycles. The maximum absolute atomic E-state index is 12.5. The first-order chi connectivity index (χ1) is 13.9. The van der Waals surface area contributed by atoms with Crippen LogP contribution in [0.5, 0.6) is 5.75 Å². The quantitative estimate of drug-likeness (QED) is 0.762. The number of hydrogen-bond donors (Lipinski definition) is 1. The van der Waals surface area contributed by atoms with Gasteiger partial charge in [0.25, 0.3) is 0 Å². The molecule has 0 unspecified atom stereocenters. The van der Waals surface area contributed by atoms with Crippen LogP contribution in [0.3, 0.4) is 0 Å². The zero-order valence-corrected chi connectivity index (χ0v) is 17.0. The van der Waals surface area contributed by atoms with Crippen LogP contribution in [-0.2, 0) is 4.79 Å². The van der Waals surface area contributed by atoms with Gasteiger partial charge in [-0.05, 0) is 57.7 Å². The lowest BCUT2D eigenvalue weighted by Gasteiger charge is -2.31. The molecule has 3 rings (SSSR count). The fourth-order valence-corrected chi connectivity index (χ4v) is 3.53. The molecule has 164 valence electrons. The molecular weight excluding hydrogens is 387 g/mol. The first kappa shape index (κ1) is 24.9. The normalized spacial score (nSPS) is 21.2. The second-order valence-corrected chi connectivity index (χ2v) is 6.83. The maximum atomic E-state index is 12.5. The lowest BCUT2D eigenvalue weighted by Crippen LogP contribution is -2.37. The van der Waals surface area contributed by atoms with Crippen molar-refractivity contribution < 1.29 is 27.5 Å². The van der Waals surface area contributed by atoms with E-state index < -0.39 is 12.1 Å². The number of alkyl halides is 3. The largest absolute Gasteiger partial charge is 0.494 e. The van der Waals surface area contributed by atoms with Gasteiger partial charge in [0.05, 0.1) is 13.0 Å². The average molecular weight is 417 g/mol. The van der Waals surface area contributed by atoms with Crippen LogP contribution in [0, 0.1) is 11.8 Å². The van der Waals surface area contributed by atoms with E-state index in [0.717, 1.165) is 25.9 Å². The highest BCUT2D eigenvalue weighted by Crippen LogP contribution is 2.40. The van der Waals surface area contributed by atoms with E-state index in [1.54, 1.807) is 18.3 Å². The monoisotopic (exact) mass is 417 g/mol. The number of pyridine rings is 1. The van der Waals surface area contributed by atoms with Crippen molar-refractivity contribution in [3.8, 4) is 5.75 Å².